The van der Waals surface area contributed by atoms with Crippen molar-refractivity contribution in [1.29, 1.82) is 0 Å². The number of carbonyl (C=O) groups excluding carboxylic acids is 1. The van der Waals surface area contributed by atoms with Gasteiger partial charge in [-0.1, -0.05) is 12.1 Å². The fourth-order valence-electron chi connectivity index (χ4n) is 2.66. The molecule has 0 saturated carbocycles. The van der Waals surface area contributed by atoms with Gasteiger partial charge in [-0.05, 0) is 47.9 Å². The van der Waals surface area contributed by atoms with Crippen molar-refractivity contribution in [1.82, 2.24) is 15.6 Å². The molecule has 0 radical (unpaired) electrons. The Bertz CT molecular complexity index is 735. The summed E-state index contributed by atoms with van der Waals surface area (Å²) >= 11 is 3.40. The Morgan fingerprint density at radius 1 is 1.29 bits per heavy atom. The molecule has 21 heavy (non-hydrogen) atoms. The van der Waals surface area contributed by atoms with E-state index in [1.165, 1.54) is 6.07 Å². The summed E-state index contributed by atoms with van der Waals surface area (Å²) in [5, 5.41) is 7.03. The molecule has 3 N–H and O–H groups in total. The molecule has 1 aromatic carbocycles. The van der Waals surface area contributed by atoms with Crippen LogP contribution in [0.1, 0.15) is 23.2 Å². The second-order valence-corrected chi connectivity index (χ2v) is 6.06. The van der Waals surface area contributed by atoms with Crippen LogP contribution in [0.2, 0.25) is 0 Å². The number of hydrogen-bond acceptors (Lipinski definition) is 3. The smallest absolute Gasteiger partial charge is 0.252 e. The van der Waals surface area contributed by atoms with Crippen LogP contribution in [0, 0.1) is 0 Å². The van der Waals surface area contributed by atoms with E-state index < -0.39 is 0 Å². The van der Waals surface area contributed by atoms with Gasteiger partial charge in [-0.25, -0.2) is 0 Å². The monoisotopic (exact) mass is 349 g/mol. The highest BCUT2D eigenvalue weighted by Crippen LogP contribution is 2.23. The van der Waals surface area contributed by atoms with Crippen LogP contribution in [0.5, 0.6) is 0 Å². The number of carbonyl (C=O) groups is 1. The first kappa shape index (κ1) is 14.3. The molecule has 3 rings (SSSR count). The van der Waals surface area contributed by atoms with Crippen molar-refractivity contribution in [2.75, 3.05) is 13.1 Å². The SMILES string of the molecule is O=C(NC1CCNCC1)c1cc(=O)[nH]c2c(Br)cccc12. The molecule has 1 fully saturated rings. The lowest BCUT2D eigenvalue weighted by Crippen LogP contribution is -2.42. The van der Waals surface area contributed by atoms with Gasteiger partial charge in [-0.2, -0.15) is 0 Å². The van der Waals surface area contributed by atoms with Gasteiger partial charge >= 0.3 is 0 Å². The second-order valence-electron chi connectivity index (χ2n) is 5.21. The molecule has 1 aliphatic heterocycles. The molecule has 1 amide bonds. The number of amides is 1. The molecule has 0 bridgehead atoms. The molecule has 2 aromatic rings. The number of piperidine rings is 1. The number of rotatable bonds is 2. The minimum absolute atomic E-state index is 0.167. The van der Waals surface area contributed by atoms with Gasteiger partial charge in [0.05, 0.1) is 11.1 Å². The van der Waals surface area contributed by atoms with Crippen molar-refractivity contribution in [2.45, 2.75) is 18.9 Å². The number of aromatic amines is 1. The lowest BCUT2D eigenvalue weighted by Gasteiger charge is -2.23. The summed E-state index contributed by atoms with van der Waals surface area (Å²) in [6.45, 7) is 1.82. The molecular weight excluding hydrogens is 334 g/mol. The van der Waals surface area contributed by atoms with E-state index in [4.69, 9.17) is 0 Å². The predicted molar refractivity (Wildman–Crippen MR) is 85.6 cm³/mol. The number of fused-ring (bicyclic) bond motifs is 1. The van der Waals surface area contributed by atoms with E-state index in [0.29, 0.717) is 11.1 Å². The van der Waals surface area contributed by atoms with E-state index in [0.717, 1.165) is 35.8 Å². The first-order valence-corrected chi connectivity index (χ1v) is 7.77. The topological polar surface area (TPSA) is 74.0 Å². The minimum atomic E-state index is -0.273. The highest BCUT2D eigenvalue weighted by atomic mass is 79.9. The Morgan fingerprint density at radius 2 is 2.05 bits per heavy atom. The highest BCUT2D eigenvalue weighted by molar-refractivity contribution is 9.10. The maximum absolute atomic E-state index is 12.5. The number of hydrogen-bond donors (Lipinski definition) is 3. The summed E-state index contributed by atoms with van der Waals surface area (Å²) in [6.07, 6.45) is 1.83. The largest absolute Gasteiger partial charge is 0.349 e. The number of benzene rings is 1. The van der Waals surface area contributed by atoms with E-state index in [9.17, 15) is 9.59 Å². The van der Waals surface area contributed by atoms with E-state index in [1.54, 1.807) is 0 Å². The van der Waals surface area contributed by atoms with Gasteiger partial charge < -0.3 is 15.6 Å². The normalized spacial score (nSPS) is 16.0. The average Bonchev–Trinajstić information content (AvgIpc) is 2.48. The van der Waals surface area contributed by atoms with Gasteiger partial charge in [0.15, 0.2) is 0 Å². The third-order valence-electron chi connectivity index (χ3n) is 3.75. The summed E-state index contributed by atoms with van der Waals surface area (Å²) in [4.78, 5) is 27.0. The molecule has 1 saturated heterocycles. The van der Waals surface area contributed by atoms with Crippen LogP contribution in [0.4, 0.5) is 0 Å². The van der Waals surface area contributed by atoms with E-state index in [-0.39, 0.29) is 17.5 Å². The predicted octanol–water partition coefficient (Wildman–Crippen LogP) is 1.77. The van der Waals surface area contributed by atoms with E-state index in [1.807, 2.05) is 18.2 Å². The quantitative estimate of drug-likeness (QED) is 0.773. The van der Waals surface area contributed by atoms with Crippen molar-refractivity contribution in [3.8, 4) is 0 Å². The fourth-order valence-corrected chi connectivity index (χ4v) is 3.13. The fraction of sp³-hybridized carbons (Fsp3) is 0.333. The van der Waals surface area contributed by atoms with Crippen molar-refractivity contribution in [2.24, 2.45) is 0 Å². The van der Waals surface area contributed by atoms with E-state index >= 15 is 0 Å². The summed E-state index contributed by atoms with van der Waals surface area (Å²) in [6, 6.07) is 7.07. The Morgan fingerprint density at radius 3 is 2.81 bits per heavy atom. The summed E-state index contributed by atoms with van der Waals surface area (Å²) in [5.74, 6) is -0.184. The lowest BCUT2D eigenvalue weighted by atomic mass is 10.0. The lowest BCUT2D eigenvalue weighted by molar-refractivity contribution is 0.0931. The highest BCUT2D eigenvalue weighted by Gasteiger charge is 2.18. The summed E-state index contributed by atoms with van der Waals surface area (Å²) < 4.78 is 0.772. The molecule has 0 atom stereocenters. The number of halogens is 1. The average molecular weight is 350 g/mol. The van der Waals surface area contributed by atoms with Crippen LogP contribution in [0.25, 0.3) is 10.9 Å². The summed E-state index contributed by atoms with van der Waals surface area (Å²) in [7, 11) is 0. The van der Waals surface area contributed by atoms with Crippen LogP contribution < -0.4 is 16.2 Å². The molecule has 1 aliphatic rings. The van der Waals surface area contributed by atoms with Crippen LogP contribution in [-0.4, -0.2) is 30.0 Å². The number of H-pyrrole nitrogens is 1. The summed E-state index contributed by atoms with van der Waals surface area (Å²) in [5.41, 5.74) is 0.805. The van der Waals surface area contributed by atoms with Crippen LogP contribution in [-0.2, 0) is 0 Å². The van der Waals surface area contributed by atoms with Crippen molar-refractivity contribution in [3.63, 3.8) is 0 Å². The second kappa shape index (κ2) is 5.99. The number of pyridine rings is 1. The number of nitrogens with one attached hydrogen (secondary N) is 3. The van der Waals surface area contributed by atoms with Crippen molar-refractivity contribution >= 4 is 32.7 Å². The zero-order valence-corrected chi connectivity index (χ0v) is 13.0. The number of para-hydroxylation sites is 1. The molecule has 5 nitrogen and oxygen atoms in total. The third kappa shape index (κ3) is 3.01. The van der Waals surface area contributed by atoms with Gasteiger partial charge in [-0.3, -0.25) is 9.59 Å². The Balaban J connectivity index is 1.97. The maximum Gasteiger partial charge on any atom is 0.252 e. The minimum Gasteiger partial charge on any atom is -0.349 e. The Hall–Kier alpha value is -1.66. The van der Waals surface area contributed by atoms with Gasteiger partial charge in [0.25, 0.3) is 5.91 Å². The third-order valence-corrected chi connectivity index (χ3v) is 4.41. The first-order valence-electron chi connectivity index (χ1n) is 6.98. The Kier molecular flexibility index (Phi) is 4.07. The van der Waals surface area contributed by atoms with Gasteiger partial charge in [-0.15, -0.1) is 0 Å². The maximum atomic E-state index is 12.5. The molecule has 0 unspecified atom stereocenters. The molecule has 0 aliphatic carbocycles. The Labute approximate surface area is 130 Å². The zero-order valence-electron chi connectivity index (χ0n) is 11.4. The molecule has 0 spiro atoms. The number of aromatic nitrogens is 1. The molecular formula is C15H16BrN3O2. The molecule has 1 aromatic heterocycles. The van der Waals surface area contributed by atoms with E-state index in [2.05, 4.69) is 31.5 Å². The molecule has 2 heterocycles. The van der Waals surface area contributed by atoms with Crippen LogP contribution in [0.15, 0.2) is 33.5 Å². The van der Waals surface area contributed by atoms with Gasteiger partial charge in [0.2, 0.25) is 5.56 Å². The molecule has 110 valence electrons. The van der Waals surface area contributed by atoms with Crippen LogP contribution in [0.3, 0.4) is 0 Å². The van der Waals surface area contributed by atoms with Gasteiger partial charge in [0, 0.05) is 22.0 Å². The van der Waals surface area contributed by atoms with Crippen molar-refractivity contribution in [3.05, 3.63) is 44.7 Å². The zero-order chi connectivity index (χ0) is 14.8. The molecule has 6 heteroatoms. The van der Waals surface area contributed by atoms with Gasteiger partial charge in [0.1, 0.15) is 0 Å². The van der Waals surface area contributed by atoms with Crippen molar-refractivity contribution < 1.29 is 4.79 Å². The standard InChI is InChI=1S/C15H16BrN3O2/c16-12-3-1-2-10-11(8-13(20)19-14(10)12)15(21)18-9-4-6-17-7-5-9/h1-3,8-9,17H,4-7H2,(H,18,21)(H,19,20). The van der Waals surface area contributed by atoms with Crippen LogP contribution >= 0.6 is 15.9 Å². The first-order chi connectivity index (χ1) is 10.1.